The lowest BCUT2D eigenvalue weighted by molar-refractivity contribution is -0.160. The molecule has 2 aliphatic rings. The zero-order valence-corrected chi connectivity index (χ0v) is 16.0. The van der Waals surface area contributed by atoms with Crippen LogP contribution in [-0.4, -0.2) is 52.0 Å². The summed E-state index contributed by atoms with van der Waals surface area (Å²) in [4.78, 5) is 18.5. The zero-order valence-electron chi connectivity index (χ0n) is 16.0. The van der Waals surface area contributed by atoms with E-state index in [0.717, 1.165) is 23.6 Å². The molecule has 2 aliphatic heterocycles. The number of hydrogen-bond acceptors (Lipinski definition) is 3. The second kappa shape index (κ2) is 7.69. The number of nitrogens with zero attached hydrogens (tertiary/aromatic N) is 3. The number of amides is 2. The van der Waals surface area contributed by atoms with Gasteiger partial charge >= 0.3 is 12.2 Å². The van der Waals surface area contributed by atoms with Crippen molar-refractivity contribution in [1.29, 1.82) is 0 Å². The number of alkyl halides is 3. The topological polar surface area (TPSA) is 59.4 Å². The van der Waals surface area contributed by atoms with E-state index in [4.69, 9.17) is 4.74 Å². The van der Waals surface area contributed by atoms with Gasteiger partial charge in [0.05, 0.1) is 18.3 Å². The van der Waals surface area contributed by atoms with Crippen LogP contribution in [0.2, 0.25) is 0 Å². The van der Waals surface area contributed by atoms with Crippen molar-refractivity contribution in [1.82, 2.24) is 19.8 Å². The van der Waals surface area contributed by atoms with Crippen LogP contribution in [0.5, 0.6) is 0 Å². The van der Waals surface area contributed by atoms with Crippen LogP contribution in [0.1, 0.15) is 56.2 Å². The Morgan fingerprint density at radius 1 is 1.41 bits per heavy atom. The molecule has 1 fully saturated rings. The second-order valence-corrected chi connectivity index (χ2v) is 7.66. The number of imidazole rings is 1. The summed E-state index contributed by atoms with van der Waals surface area (Å²) < 4.78 is 47.5. The molecule has 3 rings (SSSR count). The predicted octanol–water partition coefficient (Wildman–Crippen LogP) is 3.11. The molecule has 2 amide bonds. The molecule has 1 N–H and O–H groups in total. The summed E-state index contributed by atoms with van der Waals surface area (Å²) in [5, 5.41) is 2.18. The lowest BCUT2D eigenvalue weighted by atomic mass is 10.1. The van der Waals surface area contributed by atoms with Gasteiger partial charge in [0.2, 0.25) is 0 Å². The summed E-state index contributed by atoms with van der Waals surface area (Å²) in [6.45, 7) is 5.16. The largest absolute Gasteiger partial charge is 0.408 e. The minimum Gasteiger partial charge on any atom is -0.378 e. The minimum atomic E-state index is -4.50. The zero-order chi connectivity index (χ0) is 19.8. The van der Waals surface area contributed by atoms with E-state index in [2.05, 4.69) is 10.3 Å². The van der Waals surface area contributed by atoms with Crippen molar-refractivity contribution in [3.63, 3.8) is 0 Å². The van der Waals surface area contributed by atoms with Gasteiger partial charge in [0, 0.05) is 44.7 Å². The Labute approximate surface area is 157 Å². The molecule has 27 heavy (non-hydrogen) atoms. The molecule has 9 heteroatoms. The van der Waals surface area contributed by atoms with E-state index >= 15 is 0 Å². The van der Waals surface area contributed by atoms with E-state index in [1.807, 2.05) is 25.5 Å². The first kappa shape index (κ1) is 20.0. The van der Waals surface area contributed by atoms with Crippen molar-refractivity contribution >= 4 is 6.03 Å². The molecule has 2 unspecified atom stereocenters. The highest BCUT2D eigenvalue weighted by atomic mass is 19.4. The number of ether oxygens (including phenoxy) is 1. The molecule has 0 radical (unpaired) electrons. The second-order valence-electron chi connectivity index (χ2n) is 7.66. The van der Waals surface area contributed by atoms with Crippen LogP contribution in [0, 0.1) is 0 Å². The van der Waals surface area contributed by atoms with Crippen molar-refractivity contribution in [2.24, 2.45) is 7.05 Å². The molecule has 6 nitrogen and oxygen atoms in total. The van der Waals surface area contributed by atoms with Gasteiger partial charge in [0.25, 0.3) is 0 Å². The van der Waals surface area contributed by atoms with Crippen LogP contribution < -0.4 is 5.32 Å². The molecule has 1 saturated heterocycles. The Balaban J connectivity index is 1.67. The summed E-state index contributed by atoms with van der Waals surface area (Å²) in [6.07, 6.45) is -3.25. The highest BCUT2D eigenvalue weighted by Crippen LogP contribution is 2.28. The first-order valence-corrected chi connectivity index (χ1v) is 9.45. The number of urea groups is 1. The van der Waals surface area contributed by atoms with Gasteiger partial charge in [-0.3, -0.25) is 0 Å². The lowest BCUT2D eigenvalue weighted by Crippen LogP contribution is -2.52. The lowest BCUT2D eigenvalue weighted by Gasteiger charge is -2.30. The van der Waals surface area contributed by atoms with E-state index in [1.54, 1.807) is 0 Å². The molecule has 152 valence electrons. The molecule has 0 bridgehead atoms. The number of halogens is 3. The molecule has 2 atom stereocenters. The molecular formula is C18H27F3N4O2. The Kier molecular flexibility index (Phi) is 5.69. The van der Waals surface area contributed by atoms with E-state index < -0.39 is 24.4 Å². The Morgan fingerprint density at radius 3 is 2.74 bits per heavy atom. The van der Waals surface area contributed by atoms with E-state index in [0.29, 0.717) is 26.0 Å². The van der Waals surface area contributed by atoms with Crippen molar-refractivity contribution < 1.29 is 22.7 Å². The molecule has 1 aromatic heterocycles. The number of hydrogen-bond donors (Lipinski definition) is 1. The number of rotatable bonds is 4. The molecule has 0 spiro atoms. The van der Waals surface area contributed by atoms with Crippen molar-refractivity contribution in [3.8, 4) is 0 Å². The van der Waals surface area contributed by atoms with Crippen molar-refractivity contribution in [2.75, 3.05) is 13.2 Å². The first-order valence-electron chi connectivity index (χ1n) is 9.45. The standard InChI is InChI=1S/C18H27F3N4O2/c1-11(2)16-22-13-10-25(7-6-14(13)24(16)3)17(26)23-15(18(19,20)21)9-12-5-4-8-27-12/h11-12,15H,4-10H2,1-3H3,(H,23,26). The fourth-order valence-corrected chi connectivity index (χ4v) is 3.85. The van der Waals surface area contributed by atoms with E-state index in [9.17, 15) is 18.0 Å². The van der Waals surface area contributed by atoms with E-state index in [1.165, 1.54) is 4.90 Å². The first-order chi connectivity index (χ1) is 12.7. The van der Waals surface area contributed by atoms with Crippen LogP contribution in [0.15, 0.2) is 0 Å². The minimum absolute atomic E-state index is 0.228. The van der Waals surface area contributed by atoms with Crippen LogP contribution in [-0.2, 0) is 24.8 Å². The molecule has 0 saturated carbocycles. The number of carbonyl (C=O) groups is 1. The van der Waals surface area contributed by atoms with Gasteiger partial charge < -0.3 is 19.5 Å². The fourth-order valence-electron chi connectivity index (χ4n) is 3.85. The summed E-state index contributed by atoms with van der Waals surface area (Å²) in [7, 11) is 1.94. The number of carbonyl (C=O) groups excluding carboxylic acids is 1. The highest BCUT2D eigenvalue weighted by Gasteiger charge is 2.43. The third-order valence-corrected chi connectivity index (χ3v) is 5.31. The van der Waals surface area contributed by atoms with Gasteiger partial charge in [-0.15, -0.1) is 0 Å². The smallest absolute Gasteiger partial charge is 0.378 e. The summed E-state index contributed by atoms with van der Waals surface area (Å²) >= 11 is 0. The highest BCUT2D eigenvalue weighted by molar-refractivity contribution is 5.75. The van der Waals surface area contributed by atoms with Gasteiger partial charge in [0.1, 0.15) is 11.9 Å². The van der Waals surface area contributed by atoms with Crippen LogP contribution in [0.4, 0.5) is 18.0 Å². The normalized spacial score (nSPS) is 21.4. The van der Waals surface area contributed by atoms with Crippen LogP contribution >= 0.6 is 0 Å². The van der Waals surface area contributed by atoms with Crippen molar-refractivity contribution in [3.05, 3.63) is 17.2 Å². The monoisotopic (exact) mass is 388 g/mol. The van der Waals surface area contributed by atoms with Crippen molar-refractivity contribution in [2.45, 2.75) is 70.3 Å². The average molecular weight is 388 g/mol. The van der Waals surface area contributed by atoms with E-state index in [-0.39, 0.29) is 18.9 Å². The van der Waals surface area contributed by atoms with Crippen LogP contribution in [0.3, 0.4) is 0 Å². The number of nitrogens with one attached hydrogen (secondary N) is 1. The Bertz CT molecular complexity index is 681. The van der Waals surface area contributed by atoms with Gasteiger partial charge in [-0.1, -0.05) is 13.8 Å². The number of fused-ring (bicyclic) bond motifs is 1. The van der Waals surface area contributed by atoms with Crippen LogP contribution in [0.25, 0.3) is 0 Å². The van der Waals surface area contributed by atoms with Gasteiger partial charge in [-0.05, 0) is 12.8 Å². The Morgan fingerprint density at radius 2 is 2.15 bits per heavy atom. The maximum atomic E-state index is 13.4. The molecule has 3 heterocycles. The van der Waals surface area contributed by atoms with Gasteiger partial charge in [-0.2, -0.15) is 13.2 Å². The van der Waals surface area contributed by atoms with Gasteiger partial charge in [-0.25, -0.2) is 9.78 Å². The Hall–Kier alpha value is -1.77. The quantitative estimate of drug-likeness (QED) is 0.862. The summed E-state index contributed by atoms with van der Waals surface area (Å²) in [5.74, 6) is 1.16. The summed E-state index contributed by atoms with van der Waals surface area (Å²) in [5.41, 5.74) is 1.82. The SMILES string of the molecule is CC(C)c1nc2c(n1C)CCN(C(=O)NC(CC1CCCO1)C(F)(F)F)C2. The average Bonchev–Trinajstić information content (AvgIpc) is 3.21. The molecular weight excluding hydrogens is 361 g/mol. The maximum Gasteiger partial charge on any atom is 0.408 e. The molecule has 0 aliphatic carbocycles. The third-order valence-electron chi connectivity index (χ3n) is 5.31. The number of aromatic nitrogens is 2. The summed E-state index contributed by atoms with van der Waals surface area (Å²) in [6, 6.07) is -2.60. The predicted molar refractivity (Wildman–Crippen MR) is 93.4 cm³/mol. The molecule has 0 aromatic carbocycles. The van der Waals surface area contributed by atoms with Gasteiger partial charge in [0.15, 0.2) is 0 Å². The maximum absolute atomic E-state index is 13.4. The third kappa shape index (κ3) is 4.39. The fraction of sp³-hybridized carbons (Fsp3) is 0.778. The molecule has 1 aromatic rings.